The van der Waals surface area contributed by atoms with E-state index in [0.29, 0.717) is 17.0 Å². The smallest absolute Gasteiger partial charge is 0.257 e. The number of aryl methyl sites for hydroxylation is 1. The molecule has 2 heterocycles. The highest BCUT2D eigenvalue weighted by molar-refractivity contribution is 6.00. The second-order valence-corrected chi connectivity index (χ2v) is 5.10. The molecule has 0 fully saturated rings. The zero-order chi connectivity index (χ0) is 17.1. The van der Waals surface area contributed by atoms with Gasteiger partial charge in [0.15, 0.2) is 17.4 Å². The highest BCUT2D eigenvalue weighted by Crippen LogP contribution is 2.25. The summed E-state index contributed by atoms with van der Waals surface area (Å²) in [6.07, 6.45) is 3.13. The Labute approximate surface area is 136 Å². The summed E-state index contributed by atoms with van der Waals surface area (Å²) in [6.45, 7) is 1.48. The Morgan fingerprint density at radius 3 is 2.71 bits per heavy atom. The SMILES string of the molecule is Cc1noc(-c2ccncc2)c1C(=O)NCc1cccc(F)c1F. The van der Waals surface area contributed by atoms with Crippen LogP contribution in [0.15, 0.2) is 47.2 Å². The van der Waals surface area contributed by atoms with Gasteiger partial charge in [-0.25, -0.2) is 8.78 Å². The van der Waals surface area contributed by atoms with Crippen LogP contribution in [0.3, 0.4) is 0 Å². The van der Waals surface area contributed by atoms with Crippen molar-refractivity contribution in [2.45, 2.75) is 13.5 Å². The average Bonchev–Trinajstić information content (AvgIpc) is 2.98. The molecule has 1 aromatic carbocycles. The molecule has 3 rings (SSSR count). The fraction of sp³-hybridized carbons (Fsp3) is 0.118. The monoisotopic (exact) mass is 329 g/mol. The standard InChI is InChI=1S/C17H13F2N3O2/c1-10-14(16(24-22-10)11-5-7-20-8-6-11)17(23)21-9-12-3-2-4-13(18)15(12)19/h2-8H,9H2,1H3,(H,21,23). The molecule has 5 nitrogen and oxygen atoms in total. The zero-order valence-electron chi connectivity index (χ0n) is 12.7. The predicted octanol–water partition coefficient (Wildman–Crippen LogP) is 3.25. The summed E-state index contributed by atoms with van der Waals surface area (Å²) < 4.78 is 32.1. The molecule has 2 aromatic heterocycles. The van der Waals surface area contributed by atoms with Crippen LogP contribution in [0.4, 0.5) is 8.78 Å². The summed E-state index contributed by atoms with van der Waals surface area (Å²) in [5.74, 6) is -2.12. The van der Waals surface area contributed by atoms with E-state index in [1.54, 1.807) is 31.5 Å². The highest BCUT2D eigenvalue weighted by atomic mass is 19.2. The number of aromatic nitrogens is 2. The van der Waals surface area contributed by atoms with E-state index in [0.717, 1.165) is 6.07 Å². The van der Waals surface area contributed by atoms with Gasteiger partial charge in [0, 0.05) is 30.1 Å². The molecule has 0 aliphatic heterocycles. The second-order valence-electron chi connectivity index (χ2n) is 5.10. The molecule has 0 spiro atoms. The van der Waals surface area contributed by atoms with Crippen molar-refractivity contribution < 1.29 is 18.1 Å². The zero-order valence-corrected chi connectivity index (χ0v) is 12.7. The quantitative estimate of drug-likeness (QED) is 0.798. The van der Waals surface area contributed by atoms with Crippen LogP contribution in [0.25, 0.3) is 11.3 Å². The van der Waals surface area contributed by atoms with E-state index in [-0.39, 0.29) is 17.7 Å². The van der Waals surface area contributed by atoms with Gasteiger partial charge in [-0.1, -0.05) is 17.3 Å². The fourth-order valence-corrected chi connectivity index (χ4v) is 2.29. The van der Waals surface area contributed by atoms with Gasteiger partial charge in [-0.3, -0.25) is 9.78 Å². The van der Waals surface area contributed by atoms with E-state index >= 15 is 0 Å². The molecule has 0 atom stereocenters. The number of pyridine rings is 1. The van der Waals surface area contributed by atoms with Gasteiger partial charge in [0.1, 0.15) is 5.56 Å². The first kappa shape index (κ1) is 15.8. The lowest BCUT2D eigenvalue weighted by atomic mass is 10.1. The molecule has 1 amide bonds. The van der Waals surface area contributed by atoms with Crippen molar-refractivity contribution in [2.24, 2.45) is 0 Å². The molecule has 3 aromatic rings. The van der Waals surface area contributed by atoms with E-state index < -0.39 is 17.5 Å². The van der Waals surface area contributed by atoms with E-state index in [1.807, 2.05) is 0 Å². The van der Waals surface area contributed by atoms with Gasteiger partial charge in [-0.15, -0.1) is 0 Å². The minimum atomic E-state index is -0.978. The second kappa shape index (κ2) is 6.57. The van der Waals surface area contributed by atoms with Gasteiger partial charge in [-0.05, 0) is 25.1 Å². The molecule has 0 saturated carbocycles. The largest absolute Gasteiger partial charge is 0.355 e. The summed E-state index contributed by atoms with van der Waals surface area (Å²) >= 11 is 0. The third-order valence-electron chi connectivity index (χ3n) is 3.50. The third kappa shape index (κ3) is 3.01. The lowest BCUT2D eigenvalue weighted by molar-refractivity contribution is 0.0950. The molecule has 7 heteroatoms. The van der Waals surface area contributed by atoms with Crippen molar-refractivity contribution in [1.29, 1.82) is 0 Å². The number of amides is 1. The van der Waals surface area contributed by atoms with Crippen molar-refractivity contribution in [3.63, 3.8) is 0 Å². The first-order valence-corrected chi connectivity index (χ1v) is 7.15. The lowest BCUT2D eigenvalue weighted by Gasteiger charge is -2.07. The number of carbonyl (C=O) groups excluding carboxylic acids is 1. The van der Waals surface area contributed by atoms with Gasteiger partial charge in [0.05, 0.1) is 5.69 Å². The third-order valence-corrected chi connectivity index (χ3v) is 3.50. The molecule has 0 unspecified atom stereocenters. The van der Waals surface area contributed by atoms with Gasteiger partial charge in [0.2, 0.25) is 0 Å². The summed E-state index contributed by atoms with van der Waals surface area (Å²) in [4.78, 5) is 16.4. The number of halogens is 2. The number of benzene rings is 1. The molecule has 0 aliphatic carbocycles. The lowest BCUT2D eigenvalue weighted by Crippen LogP contribution is -2.24. The summed E-state index contributed by atoms with van der Waals surface area (Å²) in [5, 5.41) is 6.37. The molecule has 0 aliphatic rings. The average molecular weight is 329 g/mol. The van der Waals surface area contributed by atoms with Crippen molar-refractivity contribution in [1.82, 2.24) is 15.5 Å². The molecule has 0 saturated heterocycles. The molecule has 0 radical (unpaired) electrons. The Balaban J connectivity index is 1.84. The number of rotatable bonds is 4. The maximum atomic E-state index is 13.7. The van der Waals surface area contributed by atoms with Crippen LogP contribution in [-0.4, -0.2) is 16.0 Å². The minimum absolute atomic E-state index is 0.0583. The summed E-state index contributed by atoms with van der Waals surface area (Å²) in [5.41, 5.74) is 1.35. The van der Waals surface area contributed by atoms with Crippen molar-refractivity contribution in [3.8, 4) is 11.3 Å². The maximum Gasteiger partial charge on any atom is 0.257 e. The van der Waals surface area contributed by atoms with Crippen LogP contribution >= 0.6 is 0 Å². The molecule has 122 valence electrons. The van der Waals surface area contributed by atoms with Crippen LogP contribution in [0.1, 0.15) is 21.6 Å². The first-order valence-electron chi connectivity index (χ1n) is 7.15. The Bertz CT molecular complexity index is 879. The van der Waals surface area contributed by atoms with E-state index in [2.05, 4.69) is 15.5 Å². The van der Waals surface area contributed by atoms with Gasteiger partial charge >= 0.3 is 0 Å². The van der Waals surface area contributed by atoms with Crippen LogP contribution < -0.4 is 5.32 Å². The predicted molar refractivity (Wildman–Crippen MR) is 82.0 cm³/mol. The Hall–Kier alpha value is -3.09. The fourth-order valence-electron chi connectivity index (χ4n) is 2.29. The number of hydrogen-bond donors (Lipinski definition) is 1. The maximum absolute atomic E-state index is 13.7. The Morgan fingerprint density at radius 2 is 1.96 bits per heavy atom. The molecular formula is C17H13F2N3O2. The van der Waals surface area contributed by atoms with Gasteiger partial charge in [0.25, 0.3) is 5.91 Å². The number of nitrogens with zero attached hydrogens (tertiary/aromatic N) is 2. The van der Waals surface area contributed by atoms with E-state index in [9.17, 15) is 13.6 Å². The van der Waals surface area contributed by atoms with Crippen molar-refractivity contribution >= 4 is 5.91 Å². The van der Waals surface area contributed by atoms with Crippen molar-refractivity contribution in [2.75, 3.05) is 0 Å². The minimum Gasteiger partial charge on any atom is -0.355 e. The number of carbonyl (C=O) groups is 1. The van der Waals surface area contributed by atoms with Crippen LogP contribution in [0.2, 0.25) is 0 Å². The van der Waals surface area contributed by atoms with Crippen molar-refractivity contribution in [3.05, 3.63) is 71.2 Å². The molecule has 24 heavy (non-hydrogen) atoms. The highest BCUT2D eigenvalue weighted by Gasteiger charge is 2.22. The van der Waals surface area contributed by atoms with E-state index in [4.69, 9.17) is 4.52 Å². The number of hydrogen-bond acceptors (Lipinski definition) is 4. The Morgan fingerprint density at radius 1 is 1.21 bits per heavy atom. The topological polar surface area (TPSA) is 68.0 Å². The summed E-state index contributed by atoms with van der Waals surface area (Å²) in [7, 11) is 0. The molecule has 1 N–H and O–H groups in total. The Kier molecular flexibility index (Phi) is 4.33. The number of nitrogens with one attached hydrogen (secondary N) is 1. The summed E-state index contributed by atoms with van der Waals surface area (Å²) in [6, 6.07) is 7.17. The van der Waals surface area contributed by atoms with Crippen LogP contribution in [-0.2, 0) is 6.54 Å². The molecule has 0 bridgehead atoms. The van der Waals surface area contributed by atoms with E-state index in [1.165, 1.54) is 12.1 Å². The van der Waals surface area contributed by atoms with Gasteiger partial charge in [-0.2, -0.15) is 0 Å². The molecular weight excluding hydrogens is 316 g/mol. The van der Waals surface area contributed by atoms with Gasteiger partial charge < -0.3 is 9.84 Å². The first-order chi connectivity index (χ1) is 11.6. The van der Waals surface area contributed by atoms with Crippen LogP contribution in [0, 0.1) is 18.6 Å². The normalized spacial score (nSPS) is 10.6. The van der Waals surface area contributed by atoms with Crippen LogP contribution in [0.5, 0.6) is 0 Å².